The Morgan fingerprint density at radius 3 is 2.50 bits per heavy atom. The Balaban J connectivity index is 1.67. The van der Waals surface area contributed by atoms with Gasteiger partial charge < -0.3 is 20.1 Å². The van der Waals surface area contributed by atoms with Crippen LogP contribution in [-0.4, -0.2) is 47.5 Å². The van der Waals surface area contributed by atoms with Gasteiger partial charge in [0, 0.05) is 29.3 Å². The molecule has 1 unspecified atom stereocenters. The number of nitrogens with one attached hydrogen (secondary N) is 3. The molecule has 3 N–H and O–H groups in total. The number of benzene rings is 2. The van der Waals surface area contributed by atoms with E-state index in [1.165, 1.54) is 32.4 Å². The Labute approximate surface area is 215 Å². The second-order valence-electron chi connectivity index (χ2n) is 8.37. The smallest absolute Gasteiger partial charge is 0.480 e. The second kappa shape index (κ2) is 10.4. The third kappa shape index (κ3) is 5.38. The fourth-order valence-corrected chi connectivity index (χ4v) is 4.08. The molecule has 198 valence electrons. The van der Waals surface area contributed by atoms with E-state index in [1.54, 1.807) is 44.2 Å². The molecule has 2 heterocycles. The van der Waals surface area contributed by atoms with Crippen molar-refractivity contribution in [2.75, 3.05) is 14.2 Å². The number of fused-ring (bicyclic) bond motifs is 1. The first-order valence-electron chi connectivity index (χ1n) is 11.4. The number of ether oxygens (including phenoxy) is 2. The van der Waals surface area contributed by atoms with E-state index < -0.39 is 24.1 Å². The van der Waals surface area contributed by atoms with Crippen LogP contribution < -0.4 is 20.1 Å². The van der Waals surface area contributed by atoms with Gasteiger partial charge in [-0.1, -0.05) is 24.3 Å². The maximum Gasteiger partial charge on any atom is 0.573 e. The summed E-state index contributed by atoms with van der Waals surface area (Å²) in [5, 5.41) is 12.8. The molecule has 0 bridgehead atoms. The number of alkyl halides is 3. The standard InChI is InChI=1S/C26H24F3N5O4/c1-13(16-7-5-6-8-21(16)38-26(27,28)29)31-23(35)19-12-18(14(2)32-25(19)37-4)15-9-10-17-20(11-15)33-34-22(17)24(36)30-3/h5-13H,1-4H3,(H,30,36)(H,31,35)(H,33,34). The van der Waals surface area contributed by atoms with Gasteiger partial charge in [-0.15, -0.1) is 13.2 Å². The van der Waals surface area contributed by atoms with E-state index in [4.69, 9.17) is 4.74 Å². The molecule has 4 rings (SSSR count). The Morgan fingerprint density at radius 2 is 1.82 bits per heavy atom. The minimum absolute atomic E-state index is 0.0558. The number of pyridine rings is 1. The summed E-state index contributed by atoms with van der Waals surface area (Å²) in [6.45, 7) is 3.29. The summed E-state index contributed by atoms with van der Waals surface area (Å²) in [7, 11) is 2.88. The predicted molar refractivity (Wildman–Crippen MR) is 133 cm³/mol. The number of carbonyl (C=O) groups excluding carboxylic acids is 2. The number of aromatic amines is 1. The first kappa shape index (κ1) is 26.5. The molecule has 4 aromatic rings. The summed E-state index contributed by atoms with van der Waals surface area (Å²) in [5.41, 5.74) is 2.98. The SMILES string of the molecule is CNC(=O)c1n[nH]c2cc(-c3cc(C(=O)NC(C)c4ccccc4OC(F)(F)F)c(OC)nc3C)ccc12. The summed E-state index contributed by atoms with van der Waals surface area (Å²) in [5.74, 6) is -1.29. The lowest BCUT2D eigenvalue weighted by Crippen LogP contribution is -2.28. The van der Waals surface area contributed by atoms with Crippen molar-refractivity contribution in [3.05, 3.63) is 71.0 Å². The minimum atomic E-state index is -4.88. The van der Waals surface area contributed by atoms with E-state index >= 15 is 0 Å². The molecule has 1 atom stereocenters. The van der Waals surface area contributed by atoms with Crippen molar-refractivity contribution in [3.8, 4) is 22.8 Å². The van der Waals surface area contributed by atoms with E-state index in [-0.39, 0.29) is 28.6 Å². The second-order valence-corrected chi connectivity index (χ2v) is 8.37. The van der Waals surface area contributed by atoms with Gasteiger partial charge in [0.1, 0.15) is 11.3 Å². The zero-order valence-electron chi connectivity index (χ0n) is 20.9. The normalized spacial score (nSPS) is 12.2. The third-order valence-corrected chi connectivity index (χ3v) is 5.89. The average molecular weight is 528 g/mol. The van der Waals surface area contributed by atoms with Crippen molar-refractivity contribution in [2.45, 2.75) is 26.3 Å². The lowest BCUT2D eigenvalue weighted by molar-refractivity contribution is -0.275. The van der Waals surface area contributed by atoms with Crippen LogP contribution in [0.15, 0.2) is 48.5 Å². The van der Waals surface area contributed by atoms with Crippen LogP contribution in [-0.2, 0) is 0 Å². The van der Waals surface area contributed by atoms with Gasteiger partial charge in [-0.2, -0.15) is 5.10 Å². The van der Waals surface area contributed by atoms with Crippen molar-refractivity contribution >= 4 is 22.7 Å². The third-order valence-electron chi connectivity index (χ3n) is 5.89. The van der Waals surface area contributed by atoms with Crippen molar-refractivity contribution in [3.63, 3.8) is 0 Å². The van der Waals surface area contributed by atoms with E-state index in [0.717, 1.165) is 0 Å². The van der Waals surface area contributed by atoms with Gasteiger partial charge >= 0.3 is 6.36 Å². The number of nitrogens with zero attached hydrogens (tertiary/aromatic N) is 2. The molecule has 0 saturated carbocycles. The molecule has 9 nitrogen and oxygen atoms in total. The number of carbonyl (C=O) groups is 2. The number of aryl methyl sites for hydroxylation is 1. The monoisotopic (exact) mass is 527 g/mol. The van der Waals surface area contributed by atoms with E-state index in [2.05, 4.69) is 30.6 Å². The van der Waals surface area contributed by atoms with Gasteiger partial charge in [-0.3, -0.25) is 14.7 Å². The molecule has 38 heavy (non-hydrogen) atoms. The Bertz CT molecular complexity index is 1520. The van der Waals surface area contributed by atoms with Gasteiger partial charge in [0.15, 0.2) is 5.69 Å². The molecule has 2 aromatic carbocycles. The number of methoxy groups -OCH3 is 1. The summed E-state index contributed by atoms with van der Waals surface area (Å²) in [4.78, 5) is 29.7. The molecule has 0 radical (unpaired) electrons. The summed E-state index contributed by atoms with van der Waals surface area (Å²) in [6, 6.07) is 11.6. The number of amides is 2. The summed E-state index contributed by atoms with van der Waals surface area (Å²) >= 11 is 0. The number of hydrogen-bond donors (Lipinski definition) is 3. The van der Waals surface area contributed by atoms with Crippen LogP contribution in [0, 0.1) is 6.92 Å². The van der Waals surface area contributed by atoms with Crippen LogP contribution in [0.1, 0.15) is 45.1 Å². The van der Waals surface area contributed by atoms with Crippen molar-refractivity contribution in [1.82, 2.24) is 25.8 Å². The highest BCUT2D eigenvalue weighted by Crippen LogP contribution is 2.33. The van der Waals surface area contributed by atoms with Gasteiger partial charge in [0.2, 0.25) is 5.88 Å². The maximum atomic E-state index is 13.3. The molecule has 0 saturated heterocycles. The van der Waals surface area contributed by atoms with Crippen LogP contribution >= 0.6 is 0 Å². The summed E-state index contributed by atoms with van der Waals surface area (Å²) in [6.07, 6.45) is -4.88. The first-order valence-corrected chi connectivity index (χ1v) is 11.4. The molecule has 12 heteroatoms. The predicted octanol–water partition coefficient (Wildman–Crippen LogP) is 4.69. The zero-order chi connectivity index (χ0) is 27.6. The maximum absolute atomic E-state index is 13.3. The van der Waals surface area contributed by atoms with Gasteiger partial charge in [0.05, 0.1) is 18.7 Å². The van der Waals surface area contributed by atoms with Crippen molar-refractivity contribution in [1.29, 1.82) is 0 Å². The first-order chi connectivity index (χ1) is 18.0. The molecule has 2 aromatic heterocycles. The fraction of sp³-hybridized carbons (Fsp3) is 0.231. The Morgan fingerprint density at radius 1 is 1.08 bits per heavy atom. The van der Waals surface area contributed by atoms with Crippen LogP contribution in [0.25, 0.3) is 22.0 Å². The van der Waals surface area contributed by atoms with E-state index in [9.17, 15) is 22.8 Å². The van der Waals surface area contributed by atoms with E-state index in [1.807, 2.05) is 0 Å². The quantitative estimate of drug-likeness (QED) is 0.321. The Hall–Kier alpha value is -4.61. The number of halogens is 3. The van der Waals surface area contributed by atoms with Crippen molar-refractivity contribution < 1.29 is 32.2 Å². The number of para-hydroxylation sites is 1. The minimum Gasteiger partial charge on any atom is -0.480 e. The highest BCUT2D eigenvalue weighted by Gasteiger charge is 2.33. The molecular weight excluding hydrogens is 503 g/mol. The van der Waals surface area contributed by atoms with Gasteiger partial charge in [-0.25, -0.2) is 4.98 Å². The molecule has 0 aliphatic carbocycles. The average Bonchev–Trinajstić information content (AvgIpc) is 3.30. The molecule has 2 amide bonds. The largest absolute Gasteiger partial charge is 0.573 e. The zero-order valence-corrected chi connectivity index (χ0v) is 20.9. The van der Waals surface area contributed by atoms with Gasteiger partial charge in [-0.05, 0) is 43.7 Å². The number of rotatable bonds is 7. The highest BCUT2D eigenvalue weighted by molar-refractivity contribution is 6.05. The lowest BCUT2D eigenvalue weighted by Gasteiger charge is -2.20. The van der Waals surface area contributed by atoms with Crippen LogP contribution in [0.2, 0.25) is 0 Å². The molecule has 0 aliphatic heterocycles. The molecular formula is C26H24F3N5O4. The lowest BCUT2D eigenvalue weighted by atomic mass is 10.00. The summed E-state index contributed by atoms with van der Waals surface area (Å²) < 4.78 is 48.0. The molecule has 0 fully saturated rings. The van der Waals surface area contributed by atoms with Gasteiger partial charge in [0.25, 0.3) is 11.8 Å². The fourth-order valence-electron chi connectivity index (χ4n) is 4.08. The van der Waals surface area contributed by atoms with Crippen LogP contribution in [0.3, 0.4) is 0 Å². The van der Waals surface area contributed by atoms with Crippen LogP contribution in [0.4, 0.5) is 13.2 Å². The van der Waals surface area contributed by atoms with Crippen molar-refractivity contribution in [2.24, 2.45) is 0 Å². The number of H-pyrrole nitrogens is 1. The van der Waals surface area contributed by atoms with Crippen LogP contribution in [0.5, 0.6) is 11.6 Å². The topological polar surface area (TPSA) is 118 Å². The van der Waals surface area contributed by atoms with E-state index in [0.29, 0.717) is 27.7 Å². The number of aromatic nitrogens is 3. The number of hydrogen-bond acceptors (Lipinski definition) is 6. The highest BCUT2D eigenvalue weighted by atomic mass is 19.4. The Kier molecular flexibility index (Phi) is 7.24. The molecule has 0 spiro atoms. The molecule has 0 aliphatic rings.